The van der Waals surface area contributed by atoms with E-state index in [1.165, 1.54) is 6.26 Å². The van der Waals surface area contributed by atoms with E-state index in [-0.39, 0.29) is 17.8 Å². The van der Waals surface area contributed by atoms with Crippen molar-refractivity contribution in [3.05, 3.63) is 28.3 Å². The van der Waals surface area contributed by atoms with Crippen molar-refractivity contribution in [2.45, 2.75) is 38.3 Å². The molecule has 8 heteroatoms. The Labute approximate surface area is 153 Å². The topological polar surface area (TPSA) is 75.7 Å². The maximum atomic E-state index is 12.6. The highest BCUT2D eigenvalue weighted by atomic mass is 35.5. The lowest BCUT2D eigenvalue weighted by atomic mass is 10.0. The Hall–Kier alpha value is -1.47. The van der Waals surface area contributed by atoms with Gasteiger partial charge in [-0.15, -0.1) is 0 Å². The largest absolute Gasteiger partial charge is 0.493 e. The Bertz CT molecular complexity index is 766. The molecule has 0 radical (unpaired) electrons. The molecular formula is C17H23ClN2O4S. The van der Waals surface area contributed by atoms with Crippen molar-refractivity contribution in [3.8, 4) is 5.75 Å². The van der Waals surface area contributed by atoms with Gasteiger partial charge in [0.1, 0.15) is 15.6 Å². The van der Waals surface area contributed by atoms with Crippen LogP contribution in [0.1, 0.15) is 30.4 Å². The molecule has 6 nitrogen and oxygen atoms in total. The maximum Gasteiger partial charge on any atom is 0.317 e. The quantitative estimate of drug-likeness (QED) is 0.862. The Morgan fingerprint density at radius 1 is 1.40 bits per heavy atom. The van der Waals surface area contributed by atoms with Crippen LogP contribution in [0.4, 0.5) is 4.79 Å². The number of urea groups is 1. The minimum absolute atomic E-state index is 0.0100. The van der Waals surface area contributed by atoms with E-state index in [9.17, 15) is 13.2 Å². The summed E-state index contributed by atoms with van der Waals surface area (Å²) < 4.78 is 28.9. The van der Waals surface area contributed by atoms with Gasteiger partial charge in [-0.2, -0.15) is 0 Å². The van der Waals surface area contributed by atoms with Crippen LogP contribution in [0.5, 0.6) is 5.75 Å². The van der Waals surface area contributed by atoms with Crippen LogP contribution in [0, 0.1) is 0 Å². The Morgan fingerprint density at radius 2 is 2.20 bits per heavy atom. The molecule has 2 aliphatic heterocycles. The van der Waals surface area contributed by atoms with Gasteiger partial charge >= 0.3 is 6.03 Å². The summed E-state index contributed by atoms with van der Waals surface area (Å²) in [5.74, 6) is 0.812. The number of rotatable bonds is 4. The lowest BCUT2D eigenvalue weighted by Gasteiger charge is -2.35. The molecule has 1 unspecified atom stereocenters. The molecule has 0 aliphatic carbocycles. The molecule has 1 aromatic rings. The monoisotopic (exact) mass is 386 g/mol. The van der Waals surface area contributed by atoms with Crippen LogP contribution in [0.25, 0.3) is 0 Å². The normalized spacial score (nSPS) is 20.1. The van der Waals surface area contributed by atoms with Gasteiger partial charge < -0.3 is 15.0 Å². The van der Waals surface area contributed by atoms with Crippen molar-refractivity contribution in [1.82, 2.24) is 10.2 Å². The molecule has 3 rings (SSSR count). The molecule has 1 N–H and O–H groups in total. The van der Waals surface area contributed by atoms with Crippen LogP contribution >= 0.6 is 11.6 Å². The van der Waals surface area contributed by atoms with Gasteiger partial charge in [-0.25, -0.2) is 13.2 Å². The summed E-state index contributed by atoms with van der Waals surface area (Å²) in [5, 5.41) is 3.52. The molecular weight excluding hydrogens is 364 g/mol. The SMILES string of the molecule is CS(=O)(=O)CC1CCCCN1C(=O)NCc1cc(Cl)cc2c1OCC2. The molecule has 2 aliphatic rings. The summed E-state index contributed by atoms with van der Waals surface area (Å²) in [6, 6.07) is 3.20. The van der Waals surface area contributed by atoms with Crippen molar-refractivity contribution < 1.29 is 17.9 Å². The van der Waals surface area contributed by atoms with Gasteiger partial charge in [0.15, 0.2) is 0 Å². The molecule has 0 bridgehead atoms. The maximum absolute atomic E-state index is 12.6. The number of sulfone groups is 1. The number of benzene rings is 1. The summed E-state index contributed by atoms with van der Waals surface area (Å²) in [7, 11) is -3.13. The predicted molar refractivity (Wildman–Crippen MR) is 96.9 cm³/mol. The summed E-state index contributed by atoms with van der Waals surface area (Å²) in [6.07, 6.45) is 4.59. The van der Waals surface area contributed by atoms with Crippen LogP contribution in [0.15, 0.2) is 12.1 Å². The second-order valence-electron chi connectivity index (χ2n) is 6.75. The van der Waals surface area contributed by atoms with Crippen LogP contribution in [-0.2, 0) is 22.8 Å². The summed E-state index contributed by atoms with van der Waals surface area (Å²) in [4.78, 5) is 14.2. The first-order valence-electron chi connectivity index (χ1n) is 8.50. The third-order valence-corrected chi connectivity index (χ3v) is 5.85. The van der Waals surface area contributed by atoms with Gasteiger partial charge in [0.05, 0.1) is 12.4 Å². The molecule has 1 fully saturated rings. The van der Waals surface area contributed by atoms with Gasteiger partial charge in [0.2, 0.25) is 0 Å². The number of likely N-dealkylation sites (tertiary alicyclic amines) is 1. The van der Waals surface area contributed by atoms with Crippen LogP contribution in [0.2, 0.25) is 5.02 Å². The first-order chi connectivity index (χ1) is 11.8. The molecule has 0 saturated carbocycles. The number of carbonyl (C=O) groups is 1. The lowest BCUT2D eigenvalue weighted by molar-refractivity contribution is 0.158. The number of halogens is 1. The second kappa shape index (κ2) is 7.41. The number of fused-ring (bicyclic) bond motifs is 1. The highest BCUT2D eigenvalue weighted by molar-refractivity contribution is 7.90. The first kappa shape index (κ1) is 18.3. The van der Waals surface area contributed by atoms with E-state index in [0.29, 0.717) is 24.7 Å². The molecule has 2 heterocycles. The molecule has 1 atom stereocenters. The van der Waals surface area contributed by atoms with Gasteiger partial charge in [0, 0.05) is 42.4 Å². The van der Waals surface area contributed by atoms with Crippen molar-refractivity contribution in [1.29, 1.82) is 0 Å². The fourth-order valence-electron chi connectivity index (χ4n) is 3.54. The minimum Gasteiger partial charge on any atom is -0.493 e. The first-order valence-corrected chi connectivity index (χ1v) is 10.9. The van der Waals surface area contributed by atoms with E-state index in [2.05, 4.69) is 5.32 Å². The molecule has 1 saturated heterocycles. The summed E-state index contributed by atoms with van der Waals surface area (Å²) in [5.41, 5.74) is 1.91. The van der Waals surface area contributed by atoms with Crippen LogP contribution in [0.3, 0.4) is 0 Å². The van der Waals surface area contributed by atoms with Gasteiger partial charge in [-0.3, -0.25) is 0 Å². The average molecular weight is 387 g/mol. The Morgan fingerprint density at radius 3 is 2.96 bits per heavy atom. The summed E-state index contributed by atoms with van der Waals surface area (Å²) >= 11 is 6.14. The minimum atomic E-state index is -3.13. The predicted octanol–water partition coefficient (Wildman–Crippen LogP) is 2.38. The summed E-state index contributed by atoms with van der Waals surface area (Å²) in [6.45, 7) is 1.51. The zero-order valence-electron chi connectivity index (χ0n) is 14.3. The van der Waals surface area contributed by atoms with E-state index >= 15 is 0 Å². The number of carbonyl (C=O) groups excluding carboxylic acids is 1. The molecule has 1 aromatic carbocycles. The molecule has 138 valence electrons. The van der Waals surface area contributed by atoms with Crippen LogP contribution in [-0.4, -0.2) is 50.6 Å². The smallest absolute Gasteiger partial charge is 0.317 e. The molecule has 0 aromatic heterocycles. The number of amides is 2. The van der Waals surface area contributed by atoms with Crippen molar-refractivity contribution >= 4 is 27.5 Å². The van der Waals surface area contributed by atoms with E-state index in [0.717, 1.165) is 42.6 Å². The lowest BCUT2D eigenvalue weighted by Crippen LogP contribution is -2.50. The average Bonchev–Trinajstić information content (AvgIpc) is 2.99. The van der Waals surface area contributed by atoms with Gasteiger partial charge in [-0.05, 0) is 37.0 Å². The van der Waals surface area contributed by atoms with Gasteiger partial charge in [0.25, 0.3) is 0 Å². The fourth-order valence-corrected chi connectivity index (χ4v) is 4.85. The van der Waals surface area contributed by atoms with E-state index in [4.69, 9.17) is 16.3 Å². The molecule has 2 amide bonds. The third-order valence-electron chi connectivity index (χ3n) is 4.64. The number of piperidine rings is 1. The van der Waals surface area contributed by atoms with Gasteiger partial charge in [-0.1, -0.05) is 11.6 Å². The molecule has 0 spiro atoms. The second-order valence-corrected chi connectivity index (χ2v) is 9.37. The Balaban J connectivity index is 1.67. The highest BCUT2D eigenvalue weighted by Gasteiger charge is 2.29. The Kier molecular flexibility index (Phi) is 5.43. The molecule has 25 heavy (non-hydrogen) atoms. The number of ether oxygens (including phenoxy) is 1. The van der Waals surface area contributed by atoms with E-state index < -0.39 is 9.84 Å². The highest BCUT2D eigenvalue weighted by Crippen LogP contribution is 2.32. The number of nitrogens with zero attached hydrogens (tertiary/aromatic N) is 1. The number of nitrogens with one attached hydrogen (secondary N) is 1. The number of hydrogen-bond acceptors (Lipinski definition) is 4. The standard InChI is InChI=1S/C17H23ClN2O4S/c1-25(22,23)11-15-4-2-3-6-20(15)17(21)19-10-13-9-14(18)8-12-5-7-24-16(12)13/h8-9,15H,2-7,10-11H2,1H3,(H,19,21). The van der Waals surface area contributed by atoms with Crippen molar-refractivity contribution in [2.75, 3.05) is 25.2 Å². The zero-order chi connectivity index (χ0) is 18.0. The third kappa shape index (κ3) is 4.58. The van der Waals surface area contributed by atoms with E-state index in [1.54, 1.807) is 11.0 Å². The van der Waals surface area contributed by atoms with Crippen molar-refractivity contribution in [3.63, 3.8) is 0 Å². The fraction of sp³-hybridized carbons (Fsp3) is 0.588. The van der Waals surface area contributed by atoms with Crippen molar-refractivity contribution in [2.24, 2.45) is 0 Å². The zero-order valence-corrected chi connectivity index (χ0v) is 15.8. The van der Waals surface area contributed by atoms with Crippen LogP contribution < -0.4 is 10.1 Å². The number of hydrogen-bond donors (Lipinski definition) is 1. The van der Waals surface area contributed by atoms with E-state index in [1.807, 2.05) is 6.07 Å².